The zero-order valence-corrected chi connectivity index (χ0v) is 9.29. The number of carbonyl (C=O) groups is 1. The van der Waals surface area contributed by atoms with Gasteiger partial charge in [0.05, 0.1) is 5.56 Å². The van der Waals surface area contributed by atoms with E-state index in [1.807, 2.05) is 24.1 Å². The van der Waals surface area contributed by atoms with Gasteiger partial charge in [0, 0.05) is 38.1 Å². The summed E-state index contributed by atoms with van der Waals surface area (Å²) in [5, 5.41) is 0. The Hall–Kier alpha value is -1.29. The first-order valence-electron chi connectivity index (χ1n) is 5.30. The van der Waals surface area contributed by atoms with Gasteiger partial charge in [-0.25, -0.2) is 0 Å². The van der Waals surface area contributed by atoms with Crippen LogP contribution in [0.1, 0.15) is 16.1 Å². The quantitative estimate of drug-likeness (QED) is 0.736. The fourth-order valence-electron chi connectivity index (χ4n) is 1.86. The molecular formula is C11H17N3O. The van der Waals surface area contributed by atoms with Gasteiger partial charge in [0.2, 0.25) is 0 Å². The molecule has 1 fully saturated rings. The van der Waals surface area contributed by atoms with Crippen LogP contribution in [0.4, 0.5) is 0 Å². The largest absolute Gasteiger partial charge is 0.365 e. The topological polar surface area (TPSA) is 39.3 Å². The highest BCUT2D eigenvalue weighted by Crippen LogP contribution is 2.10. The summed E-state index contributed by atoms with van der Waals surface area (Å²) >= 11 is 0. The van der Waals surface area contributed by atoms with E-state index in [9.17, 15) is 4.79 Å². The van der Waals surface area contributed by atoms with E-state index in [-0.39, 0.29) is 5.91 Å². The van der Waals surface area contributed by atoms with Gasteiger partial charge in [-0.3, -0.25) is 4.79 Å². The number of hydrogen-bond donors (Lipinski definition) is 1. The van der Waals surface area contributed by atoms with Crippen molar-refractivity contribution in [1.29, 1.82) is 0 Å². The van der Waals surface area contributed by atoms with Crippen LogP contribution < -0.4 is 0 Å². The molecule has 1 N–H and O–H groups in total. The van der Waals surface area contributed by atoms with E-state index < -0.39 is 0 Å². The van der Waals surface area contributed by atoms with Gasteiger partial charge in [0.25, 0.3) is 5.91 Å². The van der Waals surface area contributed by atoms with E-state index in [1.165, 1.54) is 0 Å². The van der Waals surface area contributed by atoms with Crippen LogP contribution in [0, 0.1) is 6.92 Å². The monoisotopic (exact) mass is 207 g/mol. The predicted octanol–water partition coefficient (Wildman–Crippen LogP) is 0.711. The first-order chi connectivity index (χ1) is 7.18. The molecule has 0 radical (unpaired) electrons. The molecule has 2 rings (SSSR count). The molecule has 1 amide bonds. The zero-order valence-electron chi connectivity index (χ0n) is 9.29. The van der Waals surface area contributed by atoms with Crippen LogP contribution >= 0.6 is 0 Å². The highest BCUT2D eigenvalue weighted by molar-refractivity contribution is 5.95. The molecular weight excluding hydrogens is 190 g/mol. The lowest BCUT2D eigenvalue weighted by atomic mass is 10.2. The third-order valence-corrected chi connectivity index (χ3v) is 2.97. The minimum Gasteiger partial charge on any atom is -0.365 e. The molecule has 0 atom stereocenters. The number of amides is 1. The van der Waals surface area contributed by atoms with Gasteiger partial charge < -0.3 is 14.8 Å². The van der Waals surface area contributed by atoms with Crippen molar-refractivity contribution < 1.29 is 4.79 Å². The molecule has 0 aliphatic carbocycles. The number of rotatable bonds is 1. The normalized spacial score (nSPS) is 18.1. The van der Waals surface area contributed by atoms with Crippen LogP contribution in [-0.4, -0.2) is 53.9 Å². The summed E-state index contributed by atoms with van der Waals surface area (Å²) in [6.07, 6.45) is 1.82. The van der Waals surface area contributed by atoms with E-state index in [0.29, 0.717) is 0 Å². The molecule has 0 saturated carbocycles. The summed E-state index contributed by atoms with van der Waals surface area (Å²) in [6, 6.07) is 1.86. The van der Waals surface area contributed by atoms with Crippen molar-refractivity contribution in [2.24, 2.45) is 0 Å². The lowest BCUT2D eigenvalue weighted by Crippen LogP contribution is -2.47. The van der Waals surface area contributed by atoms with E-state index in [0.717, 1.165) is 37.4 Å². The van der Waals surface area contributed by atoms with E-state index >= 15 is 0 Å². The minimum atomic E-state index is 0.154. The van der Waals surface area contributed by atoms with Gasteiger partial charge in [-0.2, -0.15) is 0 Å². The molecule has 0 unspecified atom stereocenters. The Morgan fingerprint density at radius 3 is 2.53 bits per heavy atom. The van der Waals surface area contributed by atoms with Crippen molar-refractivity contribution in [2.45, 2.75) is 6.92 Å². The second kappa shape index (κ2) is 4.06. The highest BCUT2D eigenvalue weighted by Gasteiger charge is 2.21. The summed E-state index contributed by atoms with van der Waals surface area (Å²) in [5.74, 6) is 0.154. The molecule has 4 nitrogen and oxygen atoms in total. The average Bonchev–Trinajstić information content (AvgIpc) is 2.65. The third-order valence-electron chi connectivity index (χ3n) is 2.97. The standard InChI is InChI=1S/C11H17N3O/c1-9-10(3-4-12-9)11(15)14-7-5-13(2)6-8-14/h3-4,12H,5-8H2,1-2H3. The molecule has 2 heterocycles. The second-order valence-corrected chi connectivity index (χ2v) is 4.11. The SMILES string of the molecule is Cc1[nH]ccc1C(=O)N1CCN(C)CC1. The molecule has 4 heteroatoms. The number of aryl methyl sites for hydroxylation is 1. The second-order valence-electron chi connectivity index (χ2n) is 4.11. The number of aromatic amines is 1. The maximum atomic E-state index is 12.1. The molecule has 0 aromatic carbocycles. The van der Waals surface area contributed by atoms with Crippen LogP contribution in [0.3, 0.4) is 0 Å². The van der Waals surface area contributed by atoms with Crippen molar-refractivity contribution in [2.75, 3.05) is 33.2 Å². The number of carbonyl (C=O) groups excluding carboxylic acids is 1. The fraction of sp³-hybridized carbons (Fsp3) is 0.545. The summed E-state index contributed by atoms with van der Waals surface area (Å²) < 4.78 is 0. The maximum absolute atomic E-state index is 12.1. The first-order valence-corrected chi connectivity index (χ1v) is 5.30. The Kier molecular flexibility index (Phi) is 2.77. The van der Waals surface area contributed by atoms with Gasteiger partial charge in [-0.15, -0.1) is 0 Å². The number of piperazine rings is 1. The lowest BCUT2D eigenvalue weighted by Gasteiger charge is -2.32. The Morgan fingerprint density at radius 1 is 1.33 bits per heavy atom. The minimum absolute atomic E-state index is 0.154. The van der Waals surface area contributed by atoms with Gasteiger partial charge in [-0.1, -0.05) is 0 Å². The Bertz CT molecular complexity index is 350. The first kappa shape index (κ1) is 10.2. The van der Waals surface area contributed by atoms with Crippen molar-refractivity contribution in [3.05, 3.63) is 23.5 Å². The molecule has 1 aliphatic rings. The molecule has 1 aromatic rings. The summed E-state index contributed by atoms with van der Waals surface area (Å²) in [6.45, 7) is 5.54. The number of nitrogens with zero attached hydrogens (tertiary/aromatic N) is 2. The van der Waals surface area contributed by atoms with Crippen LogP contribution in [-0.2, 0) is 0 Å². The number of aromatic nitrogens is 1. The number of H-pyrrole nitrogens is 1. The molecule has 82 valence electrons. The van der Waals surface area contributed by atoms with Crippen molar-refractivity contribution in [3.8, 4) is 0 Å². The van der Waals surface area contributed by atoms with Crippen molar-refractivity contribution in [3.63, 3.8) is 0 Å². The Balaban J connectivity index is 2.06. The van der Waals surface area contributed by atoms with Gasteiger partial charge in [0.15, 0.2) is 0 Å². The van der Waals surface area contributed by atoms with Crippen molar-refractivity contribution in [1.82, 2.24) is 14.8 Å². The summed E-state index contributed by atoms with van der Waals surface area (Å²) in [5.41, 5.74) is 1.76. The molecule has 1 saturated heterocycles. The molecule has 15 heavy (non-hydrogen) atoms. The van der Waals surface area contributed by atoms with E-state index in [1.54, 1.807) is 0 Å². The number of hydrogen-bond acceptors (Lipinski definition) is 2. The highest BCUT2D eigenvalue weighted by atomic mass is 16.2. The summed E-state index contributed by atoms with van der Waals surface area (Å²) in [4.78, 5) is 19.3. The van der Waals surface area contributed by atoms with Crippen LogP contribution in [0.15, 0.2) is 12.3 Å². The number of likely N-dealkylation sites (N-methyl/N-ethyl adjacent to an activating group) is 1. The molecule has 1 aliphatic heterocycles. The smallest absolute Gasteiger partial charge is 0.255 e. The van der Waals surface area contributed by atoms with E-state index in [4.69, 9.17) is 0 Å². The van der Waals surface area contributed by atoms with Crippen LogP contribution in [0.5, 0.6) is 0 Å². The lowest BCUT2D eigenvalue weighted by molar-refractivity contribution is 0.0663. The molecule has 1 aromatic heterocycles. The van der Waals surface area contributed by atoms with Gasteiger partial charge in [0.1, 0.15) is 0 Å². The average molecular weight is 207 g/mol. The Morgan fingerprint density at radius 2 is 2.00 bits per heavy atom. The van der Waals surface area contributed by atoms with Crippen LogP contribution in [0.2, 0.25) is 0 Å². The maximum Gasteiger partial charge on any atom is 0.255 e. The number of nitrogens with one attached hydrogen (secondary N) is 1. The zero-order chi connectivity index (χ0) is 10.8. The van der Waals surface area contributed by atoms with Gasteiger partial charge >= 0.3 is 0 Å². The molecule has 0 spiro atoms. The molecule has 0 bridgehead atoms. The Labute approximate surface area is 89.9 Å². The fourth-order valence-corrected chi connectivity index (χ4v) is 1.86. The predicted molar refractivity (Wildman–Crippen MR) is 58.9 cm³/mol. The van der Waals surface area contributed by atoms with Crippen LogP contribution in [0.25, 0.3) is 0 Å². The van der Waals surface area contributed by atoms with Crippen molar-refractivity contribution >= 4 is 5.91 Å². The van der Waals surface area contributed by atoms with E-state index in [2.05, 4.69) is 16.9 Å². The van der Waals surface area contributed by atoms with Gasteiger partial charge in [-0.05, 0) is 20.0 Å². The summed E-state index contributed by atoms with van der Waals surface area (Å²) in [7, 11) is 2.09. The third kappa shape index (κ3) is 2.04.